The molecule has 5 saturated carbocycles. The highest BCUT2D eigenvalue weighted by atomic mass is 16.8. The van der Waals surface area contributed by atoms with Gasteiger partial charge in [0, 0.05) is 11.3 Å². The predicted molar refractivity (Wildman–Crippen MR) is 285 cm³/mol. The summed E-state index contributed by atoms with van der Waals surface area (Å²) in [6.07, 6.45) is -37.8. The molecule has 0 aromatic rings. The van der Waals surface area contributed by atoms with Gasteiger partial charge in [0.05, 0.1) is 62.4 Å². The van der Waals surface area contributed by atoms with Gasteiger partial charge in [0.1, 0.15) is 110 Å². The SMILES string of the molecule is CC1(C)C[C@H](O[C@@H]2O[C@H](CO)[C@@H](O)[C@H](O)[C@H]2O)[C@@]23[C@H](O)C[C@]4(C)[C@@](CC[C@@H]5[C@@]6(C)CC[C@H](O[C@@H]7OC[C@H](O[C@@H]8O[C@H](CO)[C@@H](O)[C@H](O)[C@H]8O[C@@H]8OC[C@@H](O)[C@H](O)[C@H]8O)[C@H](O)[C@H]7O[C@@H]7O[C@H](CO)[C@@H](O)[C@H](O)[C@H]7O)C(C)(C)[C@@H]6CC[C@]54C)(O[C@@H]2O)[C@@H]3C1. The van der Waals surface area contributed by atoms with Crippen LogP contribution in [0.25, 0.3) is 0 Å². The molecule has 28 nitrogen and oxygen atoms in total. The van der Waals surface area contributed by atoms with Crippen molar-refractivity contribution in [3.8, 4) is 0 Å². The lowest BCUT2D eigenvalue weighted by atomic mass is 9.30. The van der Waals surface area contributed by atoms with Crippen LogP contribution < -0.4 is 0 Å². The van der Waals surface area contributed by atoms with E-state index in [0.717, 1.165) is 0 Å². The lowest BCUT2D eigenvalue weighted by Crippen LogP contribution is -2.75. The molecule has 0 aromatic heterocycles. The molecular weight excluding hydrogens is 1140 g/mol. The molecule has 0 amide bonds. The maximum atomic E-state index is 13.0. The number of hydrogen-bond donors (Lipinski definition) is 17. The van der Waals surface area contributed by atoms with E-state index in [1.165, 1.54) is 0 Å². The van der Waals surface area contributed by atoms with Gasteiger partial charge < -0.3 is 139 Å². The van der Waals surface area contributed by atoms with Gasteiger partial charge in [-0.2, -0.15) is 0 Å². The smallest absolute Gasteiger partial charge is 0.187 e. The van der Waals surface area contributed by atoms with Crippen LogP contribution in [-0.4, -0.2) is 291 Å². The van der Waals surface area contributed by atoms with Crippen LogP contribution in [0.15, 0.2) is 0 Å². The topological polar surface area (TPSA) is 445 Å². The zero-order valence-electron chi connectivity index (χ0n) is 49.8. The van der Waals surface area contributed by atoms with Crippen molar-refractivity contribution < 1.29 is 139 Å². The minimum Gasteiger partial charge on any atom is -0.394 e. The van der Waals surface area contributed by atoms with Crippen molar-refractivity contribution in [2.24, 2.45) is 50.2 Å². The van der Waals surface area contributed by atoms with Crippen LogP contribution in [0.5, 0.6) is 0 Å². The summed E-state index contributed by atoms with van der Waals surface area (Å²) in [7, 11) is 0. The maximum Gasteiger partial charge on any atom is 0.187 e. The normalized spacial score (nSPS) is 57.8. The summed E-state index contributed by atoms with van der Waals surface area (Å²) >= 11 is 0. The van der Waals surface area contributed by atoms with Crippen LogP contribution in [0.1, 0.15) is 106 Å². The van der Waals surface area contributed by atoms with Crippen molar-refractivity contribution >= 4 is 0 Å². The average Bonchev–Trinajstić information content (AvgIpc) is 1.34. The van der Waals surface area contributed by atoms with E-state index in [-0.39, 0.29) is 23.7 Å². The van der Waals surface area contributed by atoms with Crippen molar-refractivity contribution in [1.82, 2.24) is 0 Å². The monoisotopic (exact) mass is 1240 g/mol. The minimum absolute atomic E-state index is 0.0100. The first-order chi connectivity index (χ1) is 40.3. The molecule has 35 atom stereocenters. The van der Waals surface area contributed by atoms with Crippen LogP contribution in [0.2, 0.25) is 0 Å². The Labute approximate surface area is 498 Å². The molecule has 6 heterocycles. The summed E-state index contributed by atoms with van der Waals surface area (Å²) in [4.78, 5) is 0. The van der Waals surface area contributed by atoms with Gasteiger partial charge in [0.25, 0.3) is 0 Å². The molecule has 11 aliphatic rings. The van der Waals surface area contributed by atoms with Crippen molar-refractivity contribution in [2.75, 3.05) is 33.0 Å². The molecule has 0 unspecified atom stereocenters. The van der Waals surface area contributed by atoms with Crippen LogP contribution in [0, 0.1) is 50.2 Å². The van der Waals surface area contributed by atoms with Gasteiger partial charge in [0.2, 0.25) is 0 Å². The van der Waals surface area contributed by atoms with E-state index in [0.29, 0.717) is 51.4 Å². The van der Waals surface area contributed by atoms with Gasteiger partial charge in [-0.1, -0.05) is 48.5 Å². The highest BCUT2D eigenvalue weighted by Gasteiger charge is 2.84. The molecule has 6 aliphatic heterocycles. The summed E-state index contributed by atoms with van der Waals surface area (Å²) in [5.41, 5.74) is -4.95. The molecule has 86 heavy (non-hydrogen) atoms. The summed E-state index contributed by atoms with van der Waals surface area (Å²) in [6, 6.07) is 0. The lowest BCUT2D eigenvalue weighted by Gasteiger charge is -2.75. The zero-order chi connectivity index (χ0) is 62.5. The molecule has 0 aromatic carbocycles. The largest absolute Gasteiger partial charge is 0.394 e. The van der Waals surface area contributed by atoms with Gasteiger partial charge >= 0.3 is 0 Å². The zero-order valence-corrected chi connectivity index (χ0v) is 49.8. The molecule has 28 heteroatoms. The summed E-state index contributed by atoms with van der Waals surface area (Å²) in [5.74, 6) is -0.391. The number of ether oxygens (including phenoxy) is 11. The Bertz CT molecular complexity index is 2360. The van der Waals surface area contributed by atoms with Gasteiger partial charge in [0.15, 0.2) is 37.7 Å². The Kier molecular flexibility index (Phi) is 18.3. The van der Waals surface area contributed by atoms with Crippen LogP contribution >= 0.6 is 0 Å². The molecular formula is C58H96O28. The fourth-order valence-corrected chi connectivity index (χ4v) is 19.2. The van der Waals surface area contributed by atoms with Crippen molar-refractivity contribution in [2.45, 2.75) is 278 Å². The summed E-state index contributed by atoms with van der Waals surface area (Å²) in [6.45, 7) is 12.0. The van der Waals surface area contributed by atoms with E-state index in [1.807, 2.05) is 0 Å². The lowest BCUT2D eigenvalue weighted by molar-refractivity contribution is -0.392. The molecule has 0 radical (unpaired) electrons. The third-order valence-electron chi connectivity index (χ3n) is 24.0. The molecule has 11 rings (SSSR count). The average molecular weight is 1240 g/mol. The van der Waals surface area contributed by atoms with Crippen molar-refractivity contribution in [3.63, 3.8) is 0 Å². The Morgan fingerprint density at radius 3 is 1.57 bits per heavy atom. The van der Waals surface area contributed by atoms with Crippen LogP contribution in [0.4, 0.5) is 0 Å². The fraction of sp³-hybridized carbons (Fsp3) is 1.00. The second-order valence-corrected chi connectivity index (χ2v) is 29.2. The Morgan fingerprint density at radius 2 is 0.953 bits per heavy atom. The fourth-order valence-electron chi connectivity index (χ4n) is 19.2. The third-order valence-corrected chi connectivity index (χ3v) is 24.0. The number of hydrogen-bond acceptors (Lipinski definition) is 28. The standard InChI is InChI=1S/C58H96O28/c1-52(2)14-29-57-13-9-28-54(5)11-10-31(53(3,4)27(54)8-12-55(28,6)56(57,7)15-30(63)58(29,51(75)86-57)32(16-52)83-47-42(73)38(69)34(65)23(17-59)78-47)82-49-44(85-48-43(74)39(70)35(66)24(18-60)79-48)37(68)26(21-77-49)81-50-45(40(71)36(67)25(19-61)80-50)84-46-41(72)33(64)22(62)20-76-46/h22-51,59-75H,8-21H2,1-7H3/t22-,23-,24-,25-,26+,27+,28-,29+,30-,31+,32+,33+,34-,35-,36-,37+,38+,39+,40+,41-,42-,43-,44-,45-,46+,47+,48+,49+,50+,51+,54+,55-,56+,57+,58-/m1/s1. The molecule has 6 saturated heterocycles. The van der Waals surface area contributed by atoms with Gasteiger partial charge in [-0.15, -0.1) is 0 Å². The highest BCUT2D eigenvalue weighted by Crippen LogP contribution is 2.81. The first kappa shape index (κ1) is 66.3. The predicted octanol–water partition coefficient (Wildman–Crippen LogP) is -4.96. The minimum atomic E-state index is -1.94. The Hall–Kier alpha value is -1.12. The highest BCUT2D eigenvalue weighted by molar-refractivity contribution is 5.30. The number of rotatable bonds is 13. The van der Waals surface area contributed by atoms with Crippen LogP contribution in [-0.2, 0) is 52.1 Å². The number of aliphatic hydroxyl groups excluding tert-OH is 17. The second-order valence-electron chi connectivity index (χ2n) is 29.2. The quantitative estimate of drug-likeness (QED) is 0.0768. The third kappa shape index (κ3) is 10.1. The molecule has 17 N–H and O–H groups in total. The Morgan fingerprint density at radius 1 is 0.430 bits per heavy atom. The van der Waals surface area contributed by atoms with Crippen molar-refractivity contribution in [1.29, 1.82) is 0 Å². The van der Waals surface area contributed by atoms with Gasteiger partial charge in [-0.25, -0.2) is 0 Å². The number of aliphatic hydroxyl groups is 17. The van der Waals surface area contributed by atoms with E-state index >= 15 is 0 Å². The Balaban J connectivity index is 0.845. The summed E-state index contributed by atoms with van der Waals surface area (Å²) in [5, 5.41) is 187. The molecule has 5 aliphatic carbocycles. The molecule has 11 fully saturated rings. The summed E-state index contributed by atoms with van der Waals surface area (Å²) < 4.78 is 68.4. The second kappa shape index (κ2) is 23.7. The van der Waals surface area contributed by atoms with Gasteiger partial charge in [-0.05, 0) is 91.3 Å². The molecule has 1 spiro atoms. The molecule has 2 bridgehead atoms. The first-order valence-electron chi connectivity index (χ1n) is 30.8. The van der Waals surface area contributed by atoms with E-state index < -0.39 is 238 Å². The van der Waals surface area contributed by atoms with Gasteiger partial charge in [-0.3, -0.25) is 0 Å². The maximum absolute atomic E-state index is 13.0. The van der Waals surface area contributed by atoms with Crippen molar-refractivity contribution in [3.05, 3.63) is 0 Å². The van der Waals surface area contributed by atoms with E-state index in [1.54, 1.807) is 0 Å². The first-order valence-corrected chi connectivity index (χ1v) is 30.8. The van der Waals surface area contributed by atoms with E-state index in [9.17, 15) is 86.8 Å². The van der Waals surface area contributed by atoms with E-state index in [4.69, 9.17) is 52.1 Å². The number of fused-ring (bicyclic) bond motifs is 4. The molecule has 496 valence electrons. The van der Waals surface area contributed by atoms with Crippen LogP contribution in [0.3, 0.4) is 0 Å². The van der Waals surface area contributed by atoms with E-state index in [2.05, 4.69) is 48.5 Å².